The van der Waals surface area contributed by atoms with Gasteiger partial charge in [-0.05, 0) is 47.9 Å². The van der Waals surface area contributed by atoms with Gasteiger partial charge in [-0.1, -0.05) is 12.1 Å². The summed E-state index contributed by atoms with van der Waals surface area (Å²) in [6.45, 7) is 0. The Morgan fingerprint density at radius 3 is 2.65 bits per heavy atom. The quantitative estimate of drug-likeness (QED) is 0.800. The first-order chi connectivity index (χ1) is 9.78. The van der Waals surface area contributed by atoms with Gasteiger partial charge in [-0.3, -0.25) is 4.79 Å². The fraction of sp³-hybridized carbons (Fsp3) is 0.0667. The molecule has 0 aliphatic carbocycles. The van der Waals surface area contributed by atoms with E-state index in [1.54, 1.807) is 31.4 Å². The van der Waals surface area contributed by atoms with Gasteiger partial charge in [0.2, 0.25) is 0 Å². The predicted octanol–water partition coefficient (Wildman–Crippen LogP) is 3.56. The molecule has 1 amide bonds. The van der Waals surface area contributed by atoms with Crippen molar-refractivity contribution < 1.29 is 9.53 Å². The number of rotatable bonds is 3. The van der Waals surface area contributed by atoms with E-state index in [-0.39, 0.29) is 5.91 Å². The van der Waals surface area contributed by atoms with Crippen LogP contribution in [0.2, 0.25) is 0 Å². The first kappa shape index (κ1) is 12.6. The Hall–Kier alpha value is -2.40. The number of benzene rings is 2. The van der Waals surface area contributed by atoms with E-state index in [2.05, 4.69) is 9.69 Å². The molecule has 0 bridgehead atoms. The molecule has 0 aliphatic rings. The van der Waals surface area contributed by atoms with Gasteiger partial charge in [0.25, 0.3) is 5.91 Å². The van der Waals surface area contributed by atoms with Gasteiger partial charge in [0.1, 0.15) is 5.75 Å². The lowest BCUT2D eigenvalue weighted by atomic mass is 10.2. The van der Waals surface area contributed by atoms with Crippen molar-refractivity contribution in [1.29, 1.82) is 0 Å². The number of aromatic nitrogens is 1. The summed E-state index contributed by atoms with van der Waals surface area (Å²) in [6.07, 6.45) is 0. The maximum Gasteiger partial charge on any atom is 0.256 e. The summed E-state index contributed by atoms with van der Waals surface area (Å²) in [5.74, 6) is 1.15. The maximum absolute atomic E-state index is 12.2. The molecule has 4 nitrogen and oxygen atoms in total. The lowest BCUT2D eigenvalue weighted by Crippen LogP contribution is -2.12. The Labute approximate surface area is 120 Å². The smallest absolute Gasteiger partial charge is 0.256 e. The normalized spacial score (nSPS) is 10.4. The van der Waals surface area contributed by atoms with Crippen LogP contribution in [0.5, 0.6) is 5.75 Å². The number of anilines is 1. The molecule has 0 aliphatic heterocycles. The third-order valence-electron chi connectivity index (χ3n) is 2.96. The van der Waals surface area contributed by atoms with Crippen molar-refractivity contribution in [1.82, 2.24) is 4.37 Å². The minimum Gasteiger partial charge on any atom is -0.497 e. The third-order valence-corrected chi connectivity index (χ3v) is 3.79. The van der Waals surface area contributed by atoms with Crippen molar-refractivity contribution >= 4 is 33.3 Å². The Kier molecular flexibility index (Phi) is 3.35. The minimum atomic E-state index is -0.177. The summed E-state index contributed by atoms with van der Waals surface area (Å²) < 4.78 is 10.4. The van der Waals surface area contributed by atoms with Gasteiger partial charge in [-0.2, -0.15) is 4.37 Å². The fourth-order valence-corrected chi connectivity index (χ4v) is 2.63. The number of ether oxygens (including phenoxy) is 1. The lowest BCUT2D eigenvalue weighted by molar-refractivity contribution is 0.102. The number of nitrogens with zero attached hydrogens (tertiary/aromatic N) is 1. The molecule has 0 saturated carbocycles. The molecule has 0 saturated heterocycles. The van der Waals surface area contributed by atoms with E-state index in [1.807, 2.05) is 24.3 Å². The molecule has 1 aromatic heterocycles. The number of fused-ring (bicyclic) bond motifs is 1. The van der Waals surface area contributed by atoms with Crippen LogP contribution in [0, 0.1) is 0 Å². The fourth-order valence-electron chi connectivity index (χ4n) is 1.90. The zero-order valence-electron chi connectivity index (χ0n) is 10.8. The van der Waals surface area contributed by atoms with E-state index >= 15 is 0 Å². The highest BCUT2D eigenvalue weighted by Crippen LogP contribution is 2.26. The van der Waals surface area contributed by atoms with E-state index in [0.717, 1.165) is 15.8 Å². The molecule has 3 aromatic rings. The predicted molar refractivity (Wildman–Crippen MR) is 80.6 cm³/mol. The summed E-state index contributed by atoms with van der Waals surface area (Å²) in [5, 5.41) is 3.80. The molecule has 1 heterocycles. The molecular formula is C15H12N2O2S. The molecule has 5 heteroatoms. The molecule has 3 rings (SSSR count). The molecule has 2 aromatic carbocycles. The topological polar surface area (TPSA) is 51.2 Å². The van der Waals surface area contributed by atoms with Crippen LogP contribution in [0.25, 0.3) is 10.1 Å². The molecule has 0 unspecified atom stereocenters. The van der Waals surface area contributed by atoms with Gasteiger partial charge in [-0.15, -0.1) is 0 Å². The number of carbonyl (C=O) groups is 1. The first-order valence-electron chi connectivity index (χ1n) is 6.08. The molecular weight excluding hydrogens is 272 g/mol. The molecule has 20 heavy (non-hydrogen) atoms. The second-order valence-electron chi connectivity index (χ2n) is 4.21. The second-order valence-corrected chi connectivity index (χ2v) is 5.01. The van der Waals surface area contributed by atoms with Crippen molar-refractivity contribution in [2.75, 3.05) is 12.4 Å². The standard InChI is InChI=1S/C15H12N2O2S/c1-19-11-8-6-10(7-9-11)15(18)16-14-12-4-2-3-5-13(12)20-17-14/h2-9H,1H3,(H,16,17,18). The summed E-state index contributed by atoms with van der Waals surface area (Å²) in [4.78, 5) is 12.2. The number of nitrogens with one attached hydrogen (secondary N) is 1. The van der Waals surface area contributed by atoms with E-state index < -0.39 is 0 Å². The molecule has 0 spiro atoms. The van der Waals surface area contributed by atoms with Gasteiger partial charge < -0.3 is 10.1 Å². The molecule has 1 N–H and O–H groups in total. The van der Waals surface area contributed by atoms with Crippen LogP contribution in [0.15, 0.2) is 48.5 Å². The number of amides is 1. The number of hydrogen-bond acceptors (Lipinski definition) is 4. The average Bonchev–Trinajstić information content (AvgIpc) is 2.91. The van der Waals surface area contributed by atoms with Crippen LogP contribution in [0.4, 0.5) is 5.82 Å². The van der Waals surface area contributed by atoms with E-state index in [0.29, 0.717) is 11.4 Å². The third kappa shape index (κ3) is 2.35. The van der Waals surface area contributed by atoms with Crippen molar-refractivity contribution in [3.05, 3.63) is 54.1 Å². The second kappa shape index (κ2) is 5.30. The van der Waals surface area contributed by atoms with Crippen LogP contribution < -0.4 is 10.1 Å². The van der Waals surface area contributed by atoms with E-state index in [4.69, 9.17) is 4.74 Å². The maximum atomic E-state index is 12.2. The lowest BCUT2D eigenvalue weighted by Gasteiger charge is -2.04. The largest absolute Gasteiger partial charge is 0.497 e. The zero-order valence-corrected chi connectivity index (χ0v) is 11.6. The van der Waals surface area contributed by atoms with Gasteiger partial charge >= 0.3 is 0 Å². The van der Waals surface area contributed by atoms with Crippen molar-refractivity contribution in [2.24, 2.45) is 0 Å². The van der Waals surface area contributed by atoms with Crippen LogP contribution in [0.1, 0.15) is 10.4 Å². The highest BCUT2D eigenvalue weighted by atomic mass is 32.1. The molecule has 100 valence electrons. The molecule has 0 radical (unpaired) electrons. The Balaban J connectivity index is 1.84. The van der Waals surface area contributed by atoms with Crippen LogP contribution >= 0.6 is 11.5 Å². The summed E-state index contributed by atoms with van der Waals surface area (Å²) in [7, 11) is 1.59. The van der Waals surface area contributed by atoms with Gasteiger partial charge in [0.15, 0.2) is 5.82 Å². The van der Waals surface area contributed by atoms with Crippen molar-refractivity contribution in [3.63, 3.8) is 0 Å². The average molecular weight is 284 g/mol. The number of methoxy groups -OCH3 is 1. The molecule has 0 atom stereocenters. The highest BCUT2D eigenvalue weighted by molar-refractivity contribution is 7.13. The Morgan fingerprint density at radius 1 is 1.15 bits per heavy atom. The van der Waals surface area contributed by atoms with Crippen molar-refractivity contribution in [3.8, 4) is 5.75 Å². The number of carbonyl (C=O) groups excluding carboxylic acids is 1. The zero-order chi connectivity index (χ0) is 13.9. The van der Waals surface area contributed by atoms with Crippen LogP contribution in [-0.4, -0.2) is 17.4 Å². The summed E-state index contributed by atoms with van der Waals surface area (Å²) >= 11 is 1.37. The highest BCUT2D eigenvalue weighted by Gasteiger charge is 2.11. The van der Waals surface area contributed by atoms with E-state index in [1.165, 1.54) is 11.5 Å². The Bertz CT molecular complexity index is 750. The first-order valence-corrected chi connectivity index (χ1v) is 6.85. The van der Waals surface area contributed by atoms with Crippen LogP contribution in [-0.2, 0) is 0 Å². The number of hydrogen-bond donors (Lipinski definition) is 1. The van der Waals surface area contributed by atoms with Gasteiger partial charge in [0.05, 0.1) is 11.8 Å². The van der Waals surface area contributed by atoms with E-state index in [9.17, 15) is 4.79 Å². The van der Waals surface area contributed by atoms with Crippen molar-refractivity contribution in [2.45, 2.75) is 0 Å². The monoisotopic (exact) mass is 284 g/mol. The summed E-state index contributed by atoms with van der Waals surface area (Å²) in [5.41, 5.74) is 0.572. The van der Waals surface area contributed by atoms with Crippen LogP contribution in [0.3, 0.4) is 0 Å². The Morgan fingerprint density at radius 2 is 1.90 bits per heavy atom. The SMILES string of the molecule is COc1ccc(C(=O)Nc2nsc3ccccc23)cc1. The summed E-state index contributed by atoms with van der Waals surface area (Å²) in [6, 6.07) is 14.8. The minimum absolute atomic E-state index is 0.177. The van der Waals surface area contributed by atoms with Gasteiger partial charge in [0, 0.05) is 10.9 Å². The van der Waals surface area contributed by atoms with Gasteiger partial charge in [-0.25, -0.2) is 0 Å². The molecule has 0 fully saturated rings.